The van der Waals surface area contributed by atoms with Gasteiger partial charge in [-0.05, 0) is 6.07 Å². The molecule has 4 nitrogen and oxygen atoms in total. The van der Waals surface area contributed by atoms with Gasteiger partial charge in [-0.25, -0.2) is 0 Å². The van der Waals surface area contributed by atoms with Crippen LogP contribution in [0.4, 0.5) is 0 Å². The Kier molecular flexibility index (Phi) is 4.59. The maximum Gasteiger partial charge on any atom is 0.306 e. The Labute approximate surface area is 121 Å². The summed E-state index contributed by atoms with van der Waals surface area (Å²) in [6.07, 6.45) is 1.89. The van der Waals surface area contributed by atoms with E-state index in [0.717, 1.165) is 15.8 Å². The fraction of sp³-hybridized carbons (Fsp3) is 0.267. The lowest BCUT2D eigenvalue weighted by atomic mass is 10.2. The van der Waals surface area contributed by atoms with Gasteiger partial charge in [0.15, 0.2) is 0 Å². The van der Waals surface area contributed by atoms with Gasteiger partial charge in [0.05, 0.1) is 24.6 Å². The molecule has 0 fully saturated rings. The number of benzene rings is 1. The number of para-hydroxylation sites is 1. The van der Waals surface area contributed by atoms with Gasteiger partial charge >= 0.3 is 5.97 Å². The van der Waals surface area contributed by atoms with Gasteiger partial charge in [0.1, 0.15) is 6.07 Å². The first kappa shape index (κ1) is 14.4. The number of carbonyl (C=O) groups is 1. The van der Waals surface area contributed by atoms with E-state index in [2.05, 4.69) is 15.8 Å². The molecule has 0 amide bonds. The second-order valence-electron chi connectivity index (χ2n) is 4.34. The number of fused-ring (bicyclic) bond motifs is 1. The number of nitrogens with zero attached hydrogens (tertiary/aromatic N) is 2. The molecule has 0 N–H and O–H groups in total. The maximum absolute atomic E-state index is 11.3. The lowest BCUT2D eigenvalue weighted by Gasteiger charge is -2.13. The monoisotopic (exact) mass is 286 g/mol. The van der Waals surface area contributed by atoms with Gasteiger partial charge in [0.2, 0.25) is 0 Å². The number of hydrogen-bond acceptors (Lipinski definition) is 5. The number of ether oxygens (including phenoxy) is 1. The van der Waals surface area contributed by atoms with Gasteiger partial charge in [0, 0.05) is 21.7 Å². The highest BCUT2D eigenvalue weighted by atomic mass is 32.2. The quantitative estimate of drug-likeness (QED) is 0.638. The zero-order chi connectivity index (χ0) is 14.5. The SMILES string of the molecule is COC(=O)CC(C)Sc1c(C#N)cnc2ccccc12. The number of carbonyl (C=O) groups excluding carboxylic acids is 1. The Morgan fingerprint density at radius 2 is 2.25 bits per heavy atom. The number of rotatable bonds is 4. The van der Waals surface area contributed by atoms with Gasteiger partial charge < -0.3 is 4.74 Å². The van der Waals surface area contributed by atoms with Crippen molar-refractivity contribution in [3.8, 4) is 6.07 Å². The predicted molar refractivity (Wildman–Crippen MR) is 78.4 cm³/mol. The molecule has 2 aromatic rings. The molecule has 1 aromatic heterocycles. The molecule has 20 heavy (non-hydrogen) atoms. The maximum atomic E-state index is 11.3. The first-order valence-corrected chi connectivity index (χ1v) is 7.05. The largest absolute Gasteiger partial charge is 0.469 e. The highest BCUT2D eigenvalue weighted by Crippen LogP contribution is 2.33. The van der Waals surface area contributed by atoms with E-state index in [4.69, 9.17) is 0 Å². The summed E-state index contributed by atoms with van der Waals surface area (Å²) in [7, 11) is 1.38. The summed E-state index contributed by atoms with van der Waals surface area (Å²) in [5.74, 6) is -0.248. The highest BCUT2D eigenvalue weighted by molar-refractivity contribution is 8.00. The molecule has 5 heteroatoms. The molecule has 1 heterocycles. The minimum atomic E-state index is -0.248. The molecule has 0 saturated heterocycles. The Hall–Kier alpha value is -2.06. The minimum absolute atomic E-state index is 0.0281. The van der Waals surface area contributed by atoms with Gasteiger partial charge in [-0.3, -0.25) is 9.78 Å². The average molecular weight is 286 g/mol. The van der Waals surface area contributed by atoms with Crippen molar-refractivity contribution in [1.29, 1.82) is 5.26 Å². The van der Waals surface area contributed by atoms with E-state index in [1.807, 2.05) is 31.2 Å². The van der Waals surface area contributed by atoms with Crippen molar-refractivity contribution in [2.24, 2.45) is 0 Å². The molecule has 0 saturated carbocycles. The van der Waals surface area contributed by atoms with E-state index in [9.17, 15) is 10.1 Å². The van der Waals surface area contributed by atoms with Crippen LogP contribution in [0.3, 0.4) is 0 Å². The summed E-state index contributed by atoms with van der Waals surface area (Å²) < 4.78 is 4.67. The summed E-state index contributed by atoms with van der Waals surface area (Å²) >= 11 is 1.50. The van der Waals surface area contributed by atoms with Crippen LogP contribution in [0.2, 0.25) is 0 Å². The second kappa shape index (κ2) is 6.40. The Morgan fingerprint density at radius 1 is 1.50 bits per heavy atom. The number of hydrogen-bond donors (Lipinski definition) is 0. The van der Waals surface area contributed by atoms with Crippen molar-refractivity contribution >= 4 is 28.6 Å². The van der Waals surface area contributed by atoms with Crippen LogP contribution in [-0.4, -0.2) is 23.3 Å². The Bertz CT molecular complexity index is 679. The van der Waals surface area contributed by atoms with Crippen LogP contribution in [0.5, 0.6) is 0 Å². The number of methoxy groups -OCH3 is 1. The third-order valence-electron chi connectivity index (χ3n) is 2.85. The molecule has 2 rings (SSSR count). The van der Waals surface area contributed by atoms with Crippen LogP contribution < -0.4 is 0 Å². The summed E-state index contributed by atoms with van der Waals surface area (Å²) in [5, 5.41) is 10.2. The first-order chi connectivity index (χ1) is 9.65. The Balaban J connectivity index is 2.37. The van der Waals surface area contributed by atoms with Crippen molar-refractivity contribution in [2.75, 3.05) is 7.11 Å². The summed E-state index contributed by atoms with van der Waals surface area (Å²) in [4.78, 5) is 16.5. The molecular formula is C15H14N2O2S. The van der Waals surface area contributed by atoms with Crippen molar-refractivity contribution in [2.45, 2.75) is 23.5 Å². The predicted octanol–water partition coefficient (Wildman–Crippen LogP) is 3.15. The fourth-order valence-electron chi connectivity index (χ4n) is 1.88. The van der Waals surface area contributed by atoms with E-state index in [1.54, 1.807) is 6.20 Å². The van der Waals surface area contributed by atoms with Gasteiger partial charge in [-0.2, -0.15) is 5.26 Å². The van der Waals surface area contributed by atoms with Gasteiger partial charge in [-0.1, -0.05) is 25.1 Å². The third kappa shape index (κ3) is 3.09. The lowest BCUT2D eigenvalue weighted by molar-refractivity contribution is -0.140. The van der Waals surface area contributed by atoms with Gasteiger partial charge in [0.25, 0.3) is 0 Å². The van der Waals surface area contributed by atoms with Crippen LogP contribution in [0.1, 0.15) is 18.9 Å². The molecule has 1 aromatic carbocycles. The molecule has 0 bridgehead atoms. The summed E-state index contributed by atoms with van der Waals surface area (Å²) in [6, 6.07) is 9.84. The van der Waals surface area contributed by atoms with Crippen molar-refractivity contribution < 1.29 is 9.53 Å². The highest BCUT2D eigenvalue weighted by Gasteiger charge is 2.15. The summed E-state index contributed by atoms with van der Waals surface area (Å²) in [6.45, 7) is 1.94. The van der Waals surface area contributed by atoms with Crippen LogP contribution in [0, 0.1) is 11.3 Å². The molecule has 102 valence electrons. The standard InChI is InChI=1S/C15H14N2O2S/c1-10(7-14(18)19-2)20-15-11(8-16)9-17-13-6-4-3-5-12(13)15/h3-6,9-10H,7H2,1-2H3. The average Bonchev–Trinajstić information content (AvgIpc) is 2.47. The number of pyridine rings is 1. The number of nitriles is 1. The van der Waals surface area contributed by atoms with E-state index in [-0.39, 0.29) is 11.2 Å². The van der Waals surface area contributed by atoms with Crippen LogP contribution in [0.15, 0.2) is 35.4 Å². The van der Waals surface area contributed by atoms with Crippen LogP contribution in [-0.2, 0) is 9.53 Å². The molecule has 0 spiro atoms. The van der Waals surface area contributed by atoms with E-state index in [0.29, 0.717) is 12.0 Å². The molecule has 0 radical (unpaired) electrons. The van der Waals surface area contributed by atoms with Crippen LogP contribution >= 0.6 is 11.8 Å². The topological polar surface area (TPSA) is 63.0 Å². The van der Waals surface area contributed by atoms with E-state index in [1.165, 1.54) is 18.9 Å². The molecular weight excluding hydrogens is 272 g/mol. The second-order valence-corrected chi connectivity index (χ2v) is 5.79. The van der Waals surface area contributed by atoms with Crippen molar-refractivity contribution in [3.63, 3.8) is 0 Å². The fourth-order valence-corrected chi connectivity index (χ4v) is 3.03. The third-order valence-corrected chi connectivity index (χ3v) is 4.09. The molecule has 0 aliphatic heterocycles. The molecule has 0 aliphatic carbocycles. The number of esters is 1. The van der Waals surface area contributed by atoms with Crippen molar-refractivity contribution in [3.05, 3.63) is 36.0 Å². The Morgan fingerprint density at radius 3 is 2.95 bits per heavy atom. The molecule has 1 atom stereocenters. The summed E-state index contributed by atoms with van der Waals surface area (Å²) in [5.41, 5.74) is 1.38. The minimum Gasteiger partial charge on any atom is -0.469 e. The smallest absolute Gasteiger partial charge is 0.306 e. The first-order valence-electron chi connectivity index (χ1n) is 6.17. The van der Waals surface area contributed by atoms with E-state index >= 15 is 0 Å². The molecule has 0 aliphatic rings. The van der Waals surface area contributed by atoms with Gasteiger partial charge in [-0.15, -0.1) is 11.8 Å². The molecule has 1 unspecified atom stereocenters. The van der Waals surface area contributed by atoms with Crippen molar-refractivity contribution in [1.82, 2.24) is 4.98 Å². The number of aromatic nitrogens is 1. The zero-order valence-corrected chi connectivity index (χ0v) is 12.1. The zero-order valence-electron chi connectivity index (χ0n) is 11.3. The lowest BCUT2D eigenvalue weighted by Crippen LogP contribution is -2.08. The van der Waals surface area contributed by atoms with E-state index < -0.39 is 0 Å². The normalized spacial score (nSPS) is 11.8. The van der Waals surface area contributed by atoms with Crippen LogP contribution in [0.25, 0.3) is 10.9 Å². The number of thioether (sulfide) groups is 1.